The summed E-state index contributed by atoms with van der Waals surface area (Å²) in [7, 11) is 0. The van der Waals surface area contributed by atoms with Gasteiger partial charge >= 0.3 is 0 Å². The SMILES string of the molecule is Cc1cc([N+](=O)[O-])cc(C(C)(C)C)c1O. The highest BCUT2D eigenvalue weighted by atomic mass is 16.6. The third-order valence-electron chi connectivity index (χ3n) is 2.30. The monoisotopic (exact) mass is 209 g/mol. The molecule has 0 aliphatic heterocycles. The lowest BCUT2D eigenvalue weighted by Gasteiger charge is -2.21. The summed E-state index contributed by atoms with van der Waals surface area (Å²) in [4.78, 5) is 10.2. The number of hydrogen-bond donors (Lipinski definition) is 1. The molecule has 82 valence electrons. The van der Waals surface area contributed by atoms with Crippen LogP contribution in [0, 0.1) is 17.0 Å². The molecule has 4 heteroatoms. The fraction of sp³-hybridized carbons (Fsp3) is 0.455. The van der Waals surface area contributed by atoms with Crippen LogP contribution >= 0.6 is 0 Å². The first-order valence-corrected chi connectivity index (χ1v) is 4.72. The molecule has 0 amide bonds. The van der Waals surface area contributed by atoms with Gasteiger partial charge in [0.05, 0.1) is 4.92 Å². The highest BCUT2D eigenvalue weighted by Gasteiger charge is 2.23. The number of aryl methyl sites for hydroxylation is 1. The Hall–Kier alpha value is -1.58. The number of aromatic hydroxyl groups is 1. The second-order valence-electron chi connectivity index (χ2n) is 4.67. The standard InChI is InChI=1S/C11H15NO3/c1-7-5-8(12(14)15)6-9(10(7)13)11(2,3)4/h5-6,13H,1-4H3. The predicted octanol–water partition coefficient (Wildman–Crippen LogP) is 2.91. The summed E-state index contributed by atoms with van der Waals surface area (Å²) in [5, 5.41) is 20.5. The van der Waals surface area contributed by atoms with Crippen molar-refractivity contribution in [2.24, 2.45) is 0 Å². The molecule has 0 radical (unpaired) electrons. The van der Waals surface area contributed by atoms with Crippen LogP contribution in [0.25, 0.3) is 0 Å². The zero-order chi connectivity index (χ0) is 11.8. The van der Waals surface area contributed by atoms with Crippen molar-refractivity contribution in [2.45, 2.75) is 33.1 Å². The number of phenolic OH excluding ortho intramolecular Hbond substituents is 1. The molecule has 0 aromatic heterocycles. The Kier molecular flexibility index (Phi) is 2.71. The van der Waals surface area contributed by atoms with E-state index in [2.05, 4.69) is 0 Å². The lowest BCUT2D eigenvalue weighted by Crippen LogP contribution is -2.12. The molecule has 0 fully saturated rings. The molecule has 0 saturated heterocycles. The molecule has 0 saturated carbocycles. The minimum atomic E-state index is -0.443. The van der Waals surface area contributed by atoms with E-state index in [0.717, 1.165) is 0 Å². The summed E-state index contributed by atoms with van der Waals surface area (Å²) in [5.41, 5.74) is 0.861. The van der Waals surface area contributed by atoms with Crippen molar-refractivity contribution in [3.63, 3.8) is 0 Å². The van der Waals surface area contributed by atoms with Gasteiger partial charge < -0.3 is 5.11 Å². The van der Waals surface area contributed by atoms with Gasteiger partial charge in [0.2, 0.25) is 0 Å². The second-order valence-corrected chi connectivity index (χ2v) is 4.67. The van der Waals surface area contributed by atoms with Gasteiger partial charge in [-0.25, -0.2) is 0 Å². The van der Waals surface area contributed by atoms with Gasteiger partial charge in [0.25, 0.3) is 5.69 Å². The normalized spacial score (nSPS) is 11.5. The number of nitro groups is 1. The Morgan fingerprint density at radius 1 is 1.33 bits per heavy atom. The van der Waals surface area contributed by atoms with Gasteiger partial charge in [0.15, 0.2) is 0 Å². The highest BCUT2D eigenvalue weighted by molar-refractivity contribution is 5.51. The summed E-state index contributed by atoms with van der Waals surface area (Å²) in [6, 6.07) is 2.81. The first-order valence-electron chi connectivity index (χ1n) is 4.72. The van der Waals surface area contributed by atoms with Crippen LogP contribution in [-0.4, -0.2) is 10.0 Å². The maximum Gasteiger partial charge on any atom is 0.270 e. The van der Waals surface area contributed by atoms with Crippen LogP contribution in [0.4, 0.5) is 5.69 Å². The topological polar surface area (TPSA) is 63.4 Å². The van der Waals surface area contributed by atoms with E-state index < -0.39 is 4.92 Å². The van der Waals surface area contributed by atoms with Gasteiger partial charge in [0, 0.05) is 17.7 Å². The lowest BCUT2D eigenvalue weighted by molar-refractivity contribution is -0.385. The largest absolute Gasteiger partial charge is 0.507 e. The number of rotatable bonds is 1. The highest BCUT2D eigenvalue weighted by Crippen LogP contribution is 2.35. The van der Waals surface area contributed by atoms with E-state index in [0.29, 0.717) is 11.1 Å². The number of non-ortho nitro benzene ring substituents is 1. The molecule has 1 aromatic rings. The Morgan fingerprint density at radius 3 is 2.27 bits per heavy atom. The van der Waals surface area contributed by atoms with Crippen molar-refractivity contribution < 1.29 is 10.0 Å². The van der Waals surface area contributed by atoms with Crippen LogP contribution in [0.5, 0.6) is 5.75 Å². The van der Waals surface area contributed by atoms with Gasteiger partial charge in [0.1, 0.15) is 5.75 Å². The molecule has 4 nitrogen and oxygen atoms in total. The molecule has 0 atom stereocenters. The molecule has 0 aliphatic carbocycles. The smallest absolute Gasteiger partial charge is 0.270 e. The van der Waals surface area contributed by atoms with Crippen molar-refractivity contribution in [3.05, 3.63) is 33.4 Å². The predicted molar refractivity (Wildman–Crippen MR) is 58.2 cm³/mol. The average molecular weight is 209 g/mol. The average Bonchev–Trinajstić information content (AvgIpc) is 2.06. The van der Waals surface area contributed by atoms with Gasteiger partial charge in [-0.1, -0.05) is 20.8 Å². The van der Waals surface area contributed by atoms with Crippen LogP contribution in [0.1, 0.15) is 31.9 Å². The van der Waals surface area contributed by atoms with Gasteiger partial charge in [-0.2, -0.15) is 0 Å². The lowest BCUT2D eigenvalue weighted by atomic mass is 9.85. The van der Waals surface area contributed by atoms with E-state index in [1.807, 2.05) is 20.8 Å². The second kappa shape index (κ2) is 3.53. The Balaban J connectivity index is 3.45. The first kappa shape index (κ1) is 11.5. The van der Waals surface area contributed by atoms with Crippen LogP contribution in [0.3, 0.4) is 0 Å². The molecule has 0 unspecified atom stereocenters. The van der Waals surface area contributed by atoms with Crippen LogP contribution in [0.2, 0.25) is 0 Å². The number of nitrogens with zero attached hydrogens (tertiary/aromatic N) is 1. The third kappa shape index (κ3) is 2.26. The van der Waals surface area contributed by atoms with Gasteiger partial charge in [-0.15, -0.1) is 0 Å². The first-order chi connectivity index (χ1) is 6.73. The Morgan fingerprint density at radius 2 is 1.87 bits per heavy atom. The molecular weight excluding hydrogens is 194 g/mol. The maximum absolute atomic E-state index is 10.7. The molecule has 15 heavy (non-hydrogen) atoms. The Bertz CT molecular complexity index is 405. The van der Waals surface area contributed by atoms with Crippen molar-refractivity contribution in [1.29, 1.82) is 0 Å². The molecule has 0 bridgehead atoms. The van der Waals surface area contributed by atoms with Gasteiger partial charge in [-0.3, -0.25) is 10.1 Å². The van der Waals surface area contributed by atoms with E-state index in [4.69, 9.17) is 0 Å². The van der Waals surface area contributed by atoms with Crippen LogP contribution < -0.4 is 0 Å². The van der Waals surface area contributed by atoms with Crippen molar-refractivity contribution >= 4 is 5.69 Å². The van der Waals surface area contributed by atoms with Crippen molar-refractivity contribution in [2.75, 3.05) is 0 Å². The number of nitro benzene ring substituents is 1. The van der Waals surface area contributed by atoms with Crippen LogP contribution in [0.15, 0.2) is 12.1 Å². The van der Waals surface area contributed by atoms with E-state index in [9.17, 15) is 15.2 Å². The third-order valence-corrected chi connectivity index (χ3v) is 2.30. The fourth-order valence-corrected chi connectivity index (χ4v) is 1.44. The summed E-state index contributed by atoms with van der Waals surface area (Å²) < 4.78 is 0. The molecule has 0 spiro atoms. The molecule has 1 N–H and O–H groups in total. The van der Waals surface area contributed by atoms with E-state index in [1.165, 1.54) is 12.1 Å². The Labute approximate surface area is 88.7 Å². The molecule has 0 aliphatic rings. The fourth-order valence-electron chi connectivity index (χ4n) is 1.44. The number of benzene rings is 1. The van der Waals surface area contributed by atoms with E-state index >= 15 is 0 Å². The molecule has 0 heterocycles. The minimum Gasteiger partial charge on any atom is -0.507 e. The van der Waals surface area contributed by atoms with Crippen LogP contribution in [-0.2, 0) is 5.41 Å². The summed E-state index contributed by atoms with van der Waals surface area (Å²) >= 11 is 0. The minimum absolute atomic E-state index is 0.0234. The number of phenols is 1. The van der Waals surface area contributed by atoms with Gasteiger partial charge in [-0.05, 0) is 17.9 Å². The maximum atomic E-state index is 10.7. The van der Waals surface area contributed by atoms with Crippen molar-refractivity contribution in [1.82, 2.24) is 0 Å². The molecule has 1 rings (SSSR count). The summed E-state index contributed by atoms with van der Waals surface area (Å²) in [5.74, 6) is 0.146. The number of hydrogen-bond acceptors (Lipinski definition) is 3. The summed E-state index contributed by atoms with van der Waals surface area (Å²) in [6.07, 6.45) is 0. The molecular formula is C11H15NO3. The van der Waals surface area contributed by atoms with E-state index in [1.54, 1.807) is 6.92 Å². The zero-order valence-electron chi connectivity index (χ0n) is 9.37. The summed E-state index contributed by atoms with van der Waals surface area (Å²) in [6.45, 7) is 7.39. The quantitative estimate of drug-likeness (QED) is 0.571. The zero-order valence-corrected chi connectivity index (χ0v) is 9.37. The van der Waals surface area contributed by atoms with Crippen molar-refractivity contribution in [3.8, 4) is 5.75 Å². The molecule has 1 aromatic carbocycles. The van der Waals surface area contributed by atoms with E-state index in [-0.39, 0.29) is 16.9 Å².